The van der Waals surface area contributed by atoms with Crippen LogP contribution >= 0.6 is 24.0 Å². The maximum atomic E-state index is 13.5. The summed E-state index contributed by atoms with van der Waals surface area (Å²) in [5.41, 5.74) is 0.256. The highest BCUT2D eigenvalue weighted by Gasteiger charge is 2.12. The first-order valence-electron chi connectivity index (χ1n) is 6.60. The Labute approximate surface area is 145 Å². The Morgan fingerprint density at radius 2 is 2.05 bits per heavy atom. The summed E-state index contributed by atoms with van der Waals surface area (Å²) >= 11 is 0. The van der Waals surface area contributed by atoms with Gasteiger partial charge in [0, 0.05) is 19.2 Å². The van der Waals surface area contributed by atoms with Gasteiger partial charge in [0.25, 0.3) is 0 Å². The minimum atomic E-state index is -0.951. The standard InChI is InChI=1S/C15H18FN3O2.HI/c1-17-15(18-9-11-5-4-8-21-11)19-10-14(20)12-6-2-3-7-13(12)16;/h2-8,14,20H,9-10H2,1H3,(H2,17,18,19);1H. The minimum Gasteiger partial charge on any atom is -0.467 e. The van der Waals surface area contributed by atoms with Crippen molar-refractivity contribution in [2.75, 3.05) is 13.6 Å². The van der Waals surface area contributed by atoms with Crippen molar-refractivity contribution in [2.24, 2.45) is 4.99 Å². The van der Waals surface area contributed by atoms with E-state index in [-0.39, 0.29) is 36.1 Å². The maximum absolute atomic E-state index is 13.5. The number of nitrogens with zero attached hydrogens (tertiary/aromatic N) is 1. The Bertz CT molecular complexity index is 590. The Kier molecular flexibility index (Phi) is 7.89. The highest BCUT2D eigenvalue weighted by Crippen LogP contribution is 2.15. The summed E-state index contributed by atoms with van der Waals surface area (Å²) in [5, 5.41) is 16.0. The van der Waals surface area contributed by atoms with E-state index in [0.29, 0.717) is 12.5 Å². The van der Waals surface area contributed by atoms with Gasteiger partial charge >= 0.3 is 0 Å². The molecule has 0 bridgehead atoms. The number of aliphatic hydroxyl groups excluding tert-OH is 1. The molecule has 3 N–H and O–H groups in total. The minimum absolute atomic E-state index is 0. The summed E-state index contributed by atoms with van der Waals surface area (Å²) in [7, 11) is 1.62. The topological polar surface area (TPSA) is 69.8 Å². The van der Waals surface area contributed by atoms with E-state index in [4.69, 9.17) is 4.42 Å². The second-order valence-electron chi connectivity index (χ2n) is 4.42. The zero-order valence-electron chi connectivity index (χ0n) is 12.1. The number of guanidine groups is 1. The molecule has 1 atom stereocenters. The first kappa shape index (κ1) is 18.4. The molecule has 0 aliphatic rings. The highest BCUT2D eigenvalue weighted by molar-refractivity contribution is 14.0. The Morgan fingerprint density at radius 3 is 2.68 bits per heavy atom. The van der Waals surface area contributed by atoms with E-state index in [1.165, 1.54) is 6.07 Å². The average molecular weight is 419 g/mol. The SMILES string of the molecule is CN=C(NCc1ccco1)NCC(O)c1ccccc1F.I. The molecular formula is C15H19FIN3O2. The summed E-state index contributed by atoms with van der Waals surface area (Å²) in [6.45, 7) is 0.626. The van der Waals surface area contributed by atoms with Gasteiger partial charge < -0.3 is 20.2 Å². The van der Waals surface area contributed by atoms with Crippen molar-refractivity contribution in [1.82, 2.24) is 10.6 Å². The van der Waals surface area contributed by atoms with Crippen LogP contribution in [0.3, 0.4) is 0 Å². The van der Waals surface area contributed by atoms with Gasteiger partial charge in [-0.05, 0) is 18.2 Å². The van der Waals surface area contributed by atoms with E-state index in [0.717, 1.165) is 5.76 Å². The molecule has 0 saturated carbocycles. The molecule has 2 aromatic rings. The van der Waals surface area contributed by atoms with Crippen LogP contribution in [-0.4, -0.2) is 24.7 Å². The number of hydrogen-bond acceptors (Lipinski definition) is 3. The second-order valence-corrected chi connectivity index (χ2v) is 4.42. The van der Waals surface area contributed by atoms with Gasteiger partial charge in [-0.15, -0.1) is 24.0 Å². The van der Waals surface area contributed by atoms with E-state index in [1.54, 1.807) is 37.6 Å². The van der Waals surface area contributed by atoms with Crippen molar-refractivity contribution in [1.29, 1.82) is 0 Å². The van der Waals surface area contributed by atoms with Gasteiger partial charge in [0.05, 0.1) is 18.9 Å². The fourth-order valence-electron chi connectivity index (χ4n) is 1.85. The molecule has 0 aliphatic heterocycles. The molecule has 0 fully saturated rings. The number of rotatable bonds is 5. The summed E-state index contributed by atoms with van der Waals surface area (Å²) in [5.74, 6) is 0.847. The van der Waals surface area contributed by atoms with Gasteiger partial charge in [0.2, 0.25) is 0 Å². The van der Waals surface area contributed by atoms with Crippen LogP contribution in [0.15, 0.2) is 52.1 Å². The van der Waals surface area contributed by atoms with Gasteiger partial charge in [0.15, 0.2) is 5.96 Å². The van der Waals surface area contributed by atoms with Gasteiger partial charge in [0.1, 0.15) is 11.6 Å². The van der Waals surface area contributed by atoms with Crippen LogP contribution in [0.2, 0.25) is 0 Å². The third kappa shape index (κ3) is 5.30. The number of halogens is 2. The number of benzene rings is 1. The number of nitrogens with one attached hydrogen (secondary N) is 2. The Hall–Kier alpha value is -1.61. The molecule has 22 heavy (non-hydrogen) atoms. The van der Waals surface area contributed by atoms with Crippen LogP contribution in [0.25, 0.3) is 0 Å². The van der Waals surface area contributed by atoms with E-state index >= 15 is 0 Å². The van der Waals surface area contributed by atoms with Crippen LogP contribution in [0.4, 0.5) is 4.39 Å². The molecule has 1 unspecified atom stereocenters. The number of furan rings is 1. The summed E-state index contributed by atoms with van der Waals surface area (Å²) < 4.78 is 18.7. The molecule has 1 heterocycles. The second kappa shape index (κ2) is 9.42. The fraction of sp³-hybridized carbons (Fsp3) is 0.267. The van der Waals surface area contributed by atoms with E-state index < -0.39 is 11.9 Å². The van der Waals surface area contributed by atoms with Crippen LogP contribution < -0.4 is 10.6 Å². The van der Waals surface area contributed by atoms with E-state index in [1.807, 2.05) is 6.07 Å². The lowest BCUT2D eigenvalue weighted by Crippen LogP contribution is -2.39. The zero-order valence-corrected chi connectivity index (χ0v) is 14.5. The molecular weight excluding hydrogens is 400 g/mol. The lowest BCUT2D eigenvalue weighted by molar-refractivity contribution is 0.176. The van der Waals surface area contributed by atoms with Crippen LogP contribution in [0, 0.1) is 5.82 Å². The van der Waals surface area contributed by atoms with Crippen molar-refractivity contribution in [2.45, 2.75) is 12.6 Å². The zero-order chi connectivity index (χ0) is 15.1. The quantitative estimate of drug-likeness (QED) is 0.396. The predicted molar refractivity (Wildman–Crippen MR) is 93.7 cm³/mol. The normalized spacial score (nSPS) is 12.4. The summed E-state index contributed by atoms with van der Waals surface area (Å²) in [6, 6.07) is 9.79. The third-order valence-corrected chi connectivity index (χ3v) is 2.96. The average Bonchev–Trinajstić information content (AvgIpc) is 3.01. The van der Waals surface area contributed by atoms with Crippen molar-refractivity contribution in [3.8, 4) is 0 Å². The lowest BCUT2D eigenvalue weighted by Gasteiger charge is -2.15. The summed E-state index contributed by atoms with van der Waals surface area (Å²) in [4.78, 5) is 4.02. The van der Waals surface area contributed by atoms with E-state index in [9.17, 15) is 9.50 Å². The highest BCUT2D eigenvalue weighted by atomic mass is 127. The molecule has 0 amide bonds. The van der Waals surface area contributed by atoms with Gasteiger partial charge in [-0.3, -0.25) is 4.99 Å². The van der Waals surface area contributed by atoms with Crippen LogP contribution in [0.5, 0.6) is 0 Å². The Balaban J connectivity index is 0.00000242. The fourth-order valence-corrected chi connectivity index (χ4v) is 1.85. The maximum Gasteiger partial charge on any atom is 0.191 e. The first-order valence-corrected chi connectivity index (χ1v) is 6.60. The molecule has 7 heteroatoms. The number of aliphatic hydroxyl groups is 1. The largest absolute Gasteiger partial charge is 0.467 e. The molecule has 1 aromatic heterocycles. The van der Waals surface area contributed by atoms with Crippen LogP contribution in [-0.2, 0) is 6.54 Å². The molecule has 1 aromatic carbocycles. The van der Waals surface area contributed by atoms with Crippen molar-refractivity contribution in [3.63, 3.8) is 0 Å². The number of hydrogen-bond donors (Lipinski definition) is 3. The van der Waals surface area contributed by atoms with Crippen molar-refractivity contribution < 1.29 is 13.9 Å². The molecule has 120 valence electrons. The van der Waals surface area contributed by atoms with Crippen molar-refractivity contribution in [3.05, 3.63) is 59.8 Å². The van der Waals surface area contributed by atoms with Gasteiger partial charge in [-0.2, -0.15) is 0 Å². The lowest BCUT2D eigenvalue weighted by atomic mass is 10.1. The summed E-state index contributed by atoms with van der Waals surface area (Å²) in [6.07, 6.45) is 0.642. The molecule has 0 saturated heterocycles. The van der Waals surface area contributed by atoms with Gasteiger partial charge in [-0.25, -0.2) is 4.39 Å². The molecule has 0 aliphatic carbocycles. The monoisotopic (exact) mass is 419 g/mol. The molecule has 0 radical (unpaired) electrons. The Morgan fingerprint density at radius 1 is 1.27 bits per heavy atom. The molecule has 5 nitrogen and oxygen atoms in total. The molecule has 2 rings (SSSR count). The molecule has 0 spiro atoms. The van der Waals surface area contributed by atoms with E-state index in [2.05, 4.69) is 15.6 Å². The third-order valence-electron chi connectivity index (χ3n) is 2.96. The first-order chi connectivity index (χ1) is 10.2. The van der Waals surface area contributed by atoms with Crippen molar-refractivity contribution >= 4 is 29.9 Å². The smallest absolute Gasteiger partial charge is 0.191 e. The van der Waals surface area contributed by atoms with Gasteiger partial charge in [-0.1, -0.05) is 18.2 Å². The van der Waals surface area contributed by atoms with Crippen LogP contribution in [0.1, 0.15) is 17.4 Å². The number of aliphatic imine (C=N–C) groups is 1. The predicted octanol–water partition coefficient (Wildman–Crippen LogP) is 2.44.